The van der Waals surface area contributed by atoms with Gasteiger partial charge < -0.3 is 14.5 Å². The number of carbonyl (C=O) groups excluding carboxylic acids is 1. The summed E-state index contributed by atoms with van der Waals surface area (Å²) in [5.41, 5.74) is -0.477. The highest BCUT2D eigenvalue weighted by atomic mass is 19.1. The number of nitrogens with zero attached hydrogens (tertiary/aromatic N) is 4. The lowest BCUT2D eigenvalue weighted by Crippen LogP contribution is -2.50. The maximum atomic E-state index is 13.7. The molecule has 0 radical (unpaired) electrons. The van der Waals surface area contributed by atoms with E-state index in [0.717, 1.165) is 6.07 Å². The molecule has 1 spiro atoms. The van der Waals surface area contributed by atoms with Gasteiger partial charge in [0.1, 0.15) is 23.7 Å². The van der Waals surface area contributed by atoms with Gasteiger partial charge in [-0.25, -0.2) is 23.1 Å². The maximum absolute atomic E-state index is 13.7. The molecule has 164 valence electrons. The van der Waals surface area contributed by atoms with Crippen LogP contribution in [0.3, 0.4) is 0 Å². The maximum Gasteiger partial charge on any atom is 0.257 e. The molecule has 5 rings (SSSR count). The lowest BCUT2D eigenvalue weighted by atomic mass is 9.89. The fourth-order valence-electron chi connectivity index (χ4n) is 4.97. The van der Waals surface area contributed by atoms with Crippen LogP contribution < -0.4 is 4.90 Å². The quantitative estimate of drug-likeness (QED) is 0.738. The third-order valence-electron chi connectivity index (χ3n) is 6.50. The van der Waals surface area contributed by atoms with Gasteiger partial charge in [0.05, 0.1) is 6.04 Å². The van der Waals surface area contributed by atoms with Crippen LogP contribution in [0.1, 0.15) is 56.2 Å². The van der Waals surface area contributed by atoms with Crippen molar-refractivity contribution < 1.29 is 22.7 Å². The van der Waals surface area contributed by atoms with Crippen molar-refractivity contribution >= 4 is 11.7 Å². The average Bonchev–Trinajstić information content (AvgIpc) is 3.26. The summed E-state index contributed by atoms with van der Waals surface area (Å²) in [5.74, 6) is -0.660. The SMILES string of the molecule is CC(F)c1nccc(N2CCC3(CC2)O[C@@H]2CC[C@@H](c4cc(F)cc(F)c4)N2C3=O)n1. The minimum atomic E-state index is -1.26. The van der Waals surface area contributed by atoms with Gasteiger partial charge in [-0.15, -0.1) is 0 Å². The first-order valence-electron chi connectivity index (χ1n) is 10.5. The molecule has 3 saturated heterocycles. The third kappa shape index (κ3) is 3.44. The molecule has 6 nitrogen and oxygen atoms in total. The number of alkyl halides is 1. The van der Waals surface area contributed by atoms with E-state index < -0.39 is 29.4 Å². The smallest absolute Gasteiger partial charge is 0.257 e. The van der Waals surface area contributed by atoms with Crippen molar-refractivity contribution in [3.05, 3.63) is 53.5 Å². The van der Waals surface area contributed by atoms with Crippen LogP contribution in [-0.2, 0) is 9.53 Å². The Balaban J connectivity index is 1.33. The van der Waals surface area contributed by atoms with Crippen LogP contribution in [0.15, 0.2) is 30.5 Å². The first kappa shape index (κ1) is 20.2. The molecule has 1 aromatic carbocycles. The minimum Gasteiger partial charge on any atom is -0.356 e. The van der Waals surface area contributed by atoms with Crippen molar-refractivity contribution in [1.29, 1.82) is 0 Å². The van der Waals surface area contributed by atoms with Crippen LogP contribution >= 0.6 is 0 Å². The largest absolute Gasteiger partial charge is 0.356 e. The van der Waals surface area contributed by atoms with E-state index in [9.17, 15) is 18.0 Å². The summed E-state index contributed by atoms with van der Waals surface area (Å²) < 4.78 is 47.3. The van der Waals surface area contributed by atoms with Crippen LogP contribution in [0.2, 0.25) is 0 Å². The number of amides is 1. The topological polar surface area (TPSA) is 58.6 Å². The number of aromatic nitrogens is 2. The molecular weight excluding hydrogens is 409 g/mol. The number of hydrogen-bond acceptors (Lipinski definition) is 5. The Morgan fingerprint density at radius 3 is 2.55 bits per heavy atom. The molecule has 4 heterocycles. The van der Waals surface area contributed by atoms with Crippen molar-refractivity contribution in [2.75, 3.05) is 18.0 Å². The second kappa shape index (κ2) is 7.47. The highest BCUT2D eigenvalue weighted by molar-refractivity contribution is 5.88. The molecule has 2 aromatic rings. The molecular formula is C22H23F3N4O2. The number of rotatable bonds is 3. The van der Waals surface area contributed by atoms with Gasteiger partial charge in [-0.2, -0.15) is 0 Å². The fraction of sp³-hybridized carbons (Fsp3) is 0.500. The Kier molecular flexibility index (Phi) is 4.88. The molecule has 31 heavy (non-hydrogen) atoms. The van der Waals surface area contributed by atoms with E-state index in [1.165, 1.54) is 25.3 Å². The fourth-order valence-corrected chi connectivity index (χ4v) is 4.97. The Hall–Kier alpha value is -2.68. The number of anilines is 1. The molecule has 0 aliphatic carbocycles. The van der Waals surface area contributed by atoms with E-state index in [1.54, 1.807) is 11.0 Å². The first-order valence-corrected chi connectivity index (χ1v) is 10.5. The monoisotopic (exact) mass is 432 g/mol. The Labute approximate surface area is 178 Å². The molecule has 3 atom stereocenters. The van der Waals surface area contributed by atoms with Crippen molar-refractivity contribution in [3.8, 4) is 0 Å². The number of benzene rings is 1. The zero-order valence-corrected chi connectivity index (χ0v) is 17.1. The number of carbonyl (C=O) groups is 1. The number of hydrogen-bond donors (Lipinski definition) is 0. The Bertz CT molecular complexity index is 990. The Morgan fingerprint density at radius 2 is 1.87 bits per heavy atom. The van der Waals surface area contributed by atoms with E-state index in [1.807, 2.05) is 4.90 Å². The van der Waals surface area contributed by atoms with Crippen molar-refractivity contribution in [2.45, 2.75) is 56.6 Å². The van der Waals surface area contributed by atoms with Gasteiger partial charge in [0.15, 0.2) is 17.6 Å². The summed E-state index contributed by atoms with van der Waals surface area (Å²) in [6.07, 6.45) is 2.06. The van der Waals surface area contributed by atoms with Gasteiger partial charge in [0, 0.05) is 38.2 Å². The number of ether oxygens (including phenoxy) is 1. The molecule has 3 aliphatic rings. The van der Waals surface area contributed by atoms with Gasteiger partial charge >= 0.3 is 0 Å². The predicted octanol–water partition coefficient (Wildman–Crippen LogP) is 3.84. The molecule has 0 saturated carbocycles. The zero-order chi connectivity index (χ0) is 21.8. The van der Waals surface area contributed by atoms with E-state index in [4.69, 9.17) is 4.74 Å². The predicted molar refractivity (Wildman–Crippen MR) is 106 cm³/mol. The second-order valence-corrected chi connectivity index (χ2v) is 8.45. The average molecular weight is 432 g/mol. The van der Waals surface area contributed by atoms with E-state index >= 15 is 0 Å². The van der Waals surface area contributed by atoms with E-state index in [0.29, 0.717) is 50.2 Å². The Morgan fingerprint density at radius 1 is 1.16 bits per heavy atom. The van der Waals surface area contributed by atoms with Gasteiger partial charge in [-0.3, -0.25) is 4.79 Å². The van der Waals surface area contributed by atoms with E-state index in [2.05, 4.69) is 9.97 Å². The summed E-state index contributed by atoms with van der Waals surface area (Å²) in [4.78, 5) is 25.3. The third-order valence-corrected chi connectivity index (χ3v) is 6.50. The molecule has 1 aromatic heterocycles. The highest BCUT2D eigenvalue weighted by Crippen LogP contribution is 2.48. The minimum absolute atomic E-state index is 0.120. The summed E-state index contributed by atoms with van der Waals surface area (Å²) in [6.45, 7) is 2.45. The van der Waals surface area contributed by atoms with Crippen LogP contribution in [-0.4, -0.2) is 45.7 Å². The van der Waals surface area contributed by atoms with Gasteiger partial charge in [0.2, 0.25) is 0 Å². The number of fused-ring (bicyclic) bond motifs is 1. The summed E-state index contributed by atoms with van der Waals surface area (Å²) >= 11 is 0. The normalized spacial score (nSPS) is 25.9. The molecule has 0 bridgehead atoms. The van der Waals surface area contributed by atoms with E-state index in [-0.39, 0.29) is 18.0 Å². The van der Waals surface area contributed by atoms with Gasteiger partial charge in [-0.05, 0) is 43.5 Å². The summed E-state index contributed by atoms with van der Waals surface area (Å²) in [7, 11) is 0. The molecule has 1 unspecified atom stereocenters. The van der Waals surface area contributed by atoms with Crippen molar-refractivity contribution in [3.63, 3.8) is 0 Å². The summed E-state index contributed by atoms with van der Waals surface area (Å²) in [5, 5.41) is 0. The lowest BCUT2D eigenvalue weighted by Gasteiger charge is -2.38. The van der Waals surface area contributed by atoms with Crippen molar-refractivity contribution in [1.82, 2.24) is 14.9 Å². The molecule has 3 aliphatic heterocycles. The van der Waals surface area contributed by atoms with Crippen LogP contribution in [0.5, 0.6) is 0 Å². The highest BCUT2D eigenvalue weighted by Gasteiger charge is 2.58. The van der Waals surface area contributed by atoms with Crippen LogP contribution in [0, 0.1) is 11.6 Å². The lowest BCUT2D eigenvalue weighted by molar-refractivity contribution is -0.140. The number of halogens is 3. The molecule has 9 heteroatoms. The summed E-state index contributed by atoms with van der Waals surface area (Å²) in [6, 6.07) is 4.74. The number of piperidine rings is 1. The first-order chi connectivity index (χ1) is 14.9. The molecule has 0 N–H and O–H groups in total. The standard InChI is InChI=1S/C22H23F3N4O2/c1-13(23)20-26-7-4-18(27-20)28-8-5-22(6-9-28)21(30)29-17(2-3-19(29)31-22)14-10-15(24)12-16(25)11-14/h4,7,10-13,17,19H,2-3,5-6,8-9H2,1H3/t13?,17-,19+/m0/s1. The molecule has 1 amide bonds. The van der Waals surface area contributed by atoms with Gasteiger partial charge in [-0.1, -0.05) is 0 Å². The van der Waals surface area contributed by atoms with Crippen LogP contribution in [0.25, 0.3) is 0 Å². The molecule has 3 fully saturated rings. The zero-order valence-electron chi connectivity index (χ0n) is 17.1. The van der Waals surface area contributed by atoms with Crippen LogP contribution in [0.4, 0.5) is 19.0 Å². The second-order valence-electron chi connectivity index (χ2n) is 8.45. The van der Waals surface area contributed by atoms with Crippen molar-refractivity contribution in [2.24, 2.45) is 0 Å². The van der Waals surface area contributed by atoms with Gasteiger partial charge in [0.25, 0.3) is 5.91 Å².